The van der Waals surface area contributed by atoms with E-state index in [0.29, 0.717) is 16.5 Å². The van der Waals surface area contributed by atoms with E-state index in [2.05, 4.69) is 31.2 Å². The lowest BCUT2D eigenvalue weighted by Gasteiger charge is -2.29. The van der Waals surface area contributed by atoms with Gasteiger partial charge >= 0.3 is 0 Å². The number of pyridine rings is 1. The fraction of sp³-hybridized carbons (Fsp3) is 0.233. The number of methoxy groups -OCH3 is 1. The molecule has 2 aromatic carbocycles. The van der Waals surface area contributed by atoms with Gasteiger partial charge in [0.1, 0.15) is 17.5 Å². The number of aromatic nitrogens is 2. The zero-order valence-electron chi connectivity index (χ0n) is 22.3. The van der Waals surface area contributed by atoms with Crippen LogP contribution in [0.2, 0.25) is 0 Å². The van der Waals surface area contributed by atoms with Gasteiger partial charge in [0.15, 0.2) is 5.11 Å². The lowest BCUT2D eigenvalue weighted by molar-refractivity contribution is -0.123. The van der Waals surface area contributed by atoms with Crippen molar-refractivity contribution in [1.82, 2.24) is 14.9 Å². The number of phenolic OH excluding ortho intramolecular Hbond substituents is 1. The van der Waals surface area contributed by atoms with Crippen LogP contribution in [0, 0.1) is 5.41 Å². The van der Waals surface area contributed by atoms with Gasteiger partial charge < -0.3 is 29.9 Å². The second-order valence-corrected chi connectivity index (χ2v) is 10.8. The predicted octanol–water partition coefficient (Wildman–Crippen LogP) is 5.75. The molecule has 2 aromatic heterocycles. The average Bonchev–Trinajstić information content (AvgIpc) is 3.53. The minimum absolute atomic E-state index is 0.105. The highest BCUT2D eigenvalue weighted by atomic mass is 32.1. The number of phenols is 1. The molecular formula is C30H31N5O3S. The van der Waals surface area contributed by atoms with Gasteiger partial charge in [0.25, 0.3) is 0 Å². The van der Waals surface area contributed by atoms with Crippen molar-refractivity contribution in [2.45, 2.75) is 32.9 Å². The summed E-state index contributed by atoms with van der Waals surface area (Å²) < 4.78 is 7.77. The summed E-state index contributed by atoms with van der Waals surface area (Å²) in [6.45, 7) is 5.59. The number of benzene rings is 2. The third-order valence-corrected chi connectivity index (χ3v) is 7.02. The first-order valence-electron chi connectivity index (χ1n) is 12.6. The topological polar surface area (TPSA) is 91.7 Å². The molecule has 5 rings (SSSR count). The van der Waals surface area contributed by atoms with Crippen molar-refractivity contribution in [1.29, 1.82) is 0 Å². The number of aromatic hydroxyl groups is 1. The number of amides is 1. The molecule has 1 aliphatic rings. The van der Waals surface area contributed by atoms with Gasteiger partial charge in [0, 0.05) is 40.9 Å². The van der Waals surface area contributed by atoms with Crippen LogP contribution in [0.5, 0.6) is 11.5 Å². The summed E-state index contributed by atoms with van der Waals surface area (Å²) in [6, 6.07) is 22.1. The number of nitrogens with one attached hydrogen (secondary N) is 2. The zero-order chi connectivity index (χ0) is 27.7. The Morgan fingerprint density at radius 2 is 1.79 bits per heavy atom. The van der Waals surface area contributed by atoms with Gasteiger partial charge in [-0.15, -0.1) is 0 Å². The normalized spacial score (nSPS) is 17.1. The fourth-order valence-corrected chi connectivity index (χ4v) is 5.01. The van der Waals surface area contributed by atoms with Gasteiger partial charge in [-0.25, -0.2) is 0 Å². The Labute approximate surface area is 233 Å². The molecule has 0 spiro atoms. The highest BCUT2D eigenvalue weighted by Gasteiger charge is 2.42. The smallest absolute Gasteiger partial charge is 0.229 e. The first kappa shape index (κ1) is 26.2. The van der Waals surface area contributed by atoms with Gasteiger partial charge in [-0.05, 0) is 72.9 Å². The van der Waals surface area contributed by atoms with Crippen LogP contribution in [-0.2, 0) is 4.79 Å². The molecule has 2 atom stereocenters. The highest BCUT2D eigenvalue weighted by molar-refractivity contribution is 7.80. The first-order chi connectivity index (χ1) is 18.7. The Bertz CT molecular complexity index is 1500. The summed E-state index contributed by atoms with van der Waals surface area (Å²) in [5.41, 5.74) is 3.58. The van der Waals surface area contributed by atoms with E-state index in [1.807, 2.05) is 81.6 Å². The minimum Gasteiger partial charge on any atom is -0.508 e. The molecule has 1 aliphatic heterocycles. The van der Waals surface area contributed by atoms with Crippen LogP contribution in [0.25, 0.3) is 5.69 Å². The predicted molar refractivity (Wildman–Crippen MR) is 156 cm³/mol. The molecule has 3 heterocycles. The van der Waals surface area contributed by atoms with E-state index < -0.39 is 5.41 Å². The molecule has 3 N–H and O–H groups in total. The number of thiocarbonyl (C=S) groups is 1. The second kappa shape index (κ2) is 10.4. The van der Waals surface area contributed by atoms with E-state index >= 15 is 0 Å². The van der Waals surface area contributed by atoms with Crippen LogP contribution in [0.15, 0.2) is 85.2 Å². The van der Waals surface area contributed by atoms with Crippen molar-refractivity contribution in [3.8, 4) is 17.2 Å². The molecule has 0 saturated carbocycles. The maximum atomic E-state index is 12.7. The van der Waals surface area contributed by atoms with Gasteiger partial charge in [0.05, 0.1) is 24.5 Å². The third-order valence-electron chi connectivity index (χ3n) is 6.70. The standard InChI is InChI=1S/C30H31N5O3S/c1-30(2,3)28(37)32-22-15-12-20(18-25(22)38-4)35-27(26(33-29(35)39)23-8-5-6-16-31-23)24-9-7-17-34(24)19-10-13-21(36)14-11-19/h5-18,26-27,36H,1-4H3,(H,32,37)(H,33,39)/t26-,27+/m0/s1. The summed E-state index contributed by atoms with van der Waals surface area (Å²) in [5, 5.41) is 16.8. The molecule has 9 heteroatoms. The Kier molecular flexibility index (Phi) is 7.01. The molecular weight excluding hydrogens is 510 g/mol. The Morgan fingerprint density at radius 3 is 2.46 bits per heavy atom. The molecule has 0 unspecified atom stereocenters. The van der Waals surface area contributed by atoms with Gasteiger partial charge in [-0.2, -0.15) is 0 Å². The first-order valence-corrected chi connectivity index (χ1v) is 13.0. The summed E-state index contributed by atoms with van der Waals surface area (Å²) in [5.74, 6) is 0.628. The Hall–Kier alpha value is -4.37. The zero-order valence-corrected chi connectivity index (χ0v) is 23.1. The number of carbonyl (C=O) groups is 1. The Morgan fingerprint density at radius 1 is 1.05 bits per heavy atom. The molecule has 4 aromatic rings. The lowest BCUT2D eigenvalue weighted by atomic mass is 9.95. The molecule has 39 heavy (non-hydrogen) atoms. The largest absolute Gasteiger partial charge is 0.508 e. The molecule has 1 amide bonds. The van der Waals surface area contributed by atoms with Crippen molar-refractivity contribution in [3.05, 3.63) is 96.6 Å². The minimum atomic E-state index is -0.551. The van der Waals surface area contributed by atoms with Crippen LogP contribution in [0.4, 0.5) is 11.4 Å². The average molecular weight is 542 g/mol. The van der Waals surface area contributed by atoms with Crippen molar-refractivity contribution in [3.63, 3.8) is 0 Å². The molecule has 0 aliphatic carbocycles. The molecule has 200 valence electrons. The summed E-state index contributed by atoms with van der Waals surface area (Å²) in [7, 11) is 1.58. The maximum Gasteiger partial charge on any atom is 0.229 e. The van der Waals surface area contributed by atoms with Crippen LogP contribution < -0.4 is 20.3 Å². The number of rotatable bonds is 6. The molecule has 0 radical (unpaired) electrons. The Balaban J connectivity index is 1.60. The number of anilines is 2. The van der Waals surface area contributed by atoms with Crippen LogP contribution in [0.3, 0.4) is 0 Å². The fourth-order valence-electron chi connectivity index (χ4n) is 4.66. The van der Waals surface area contributed by atoms with E-state index in [9.17, 15) is 9.90 Å². The van der Waals surface area contributed by atoms with Crippen molar-refractivity contribution >= 4 is 34.6 Å². The second-order valence-electron chi connectivity index (χ2n) is 10.4. The van der Waals surface area contributed by atoms with Crippen LogP contribution >= 0.6 is 12.2 Å². The van der Waals surface area contributed by atoms with Gasteiger partial charge in [-0.1, -0.05) is 26.8 Å². The van der Waals surface area contributed by atoms with E-state index in [0.717, 1.165) is 22.8 Å². The number of hydrogen-bond donors (Lipinski definition) is 3. The monoisotopic (exact) mass is 541 g/mol. The number of carbonyl (C=O) groups excluding carboxylic acids is 1. The van der Waals surface area contributed by atoms with Gasteiger partial charge in [-0.3, -0.25) is 9.78 Å². The van der Waals surface area contributed by atoms with Crippen molar-refractivity contribution in [2.75, 3.05) is 17.3 Å². The van der Waals surface area contributed by atoms with Gasteiger partial charge in [0.2, 0.25) is 5.91 Å². The summed E-state index contributed by atoms with van der Waals surface area (Å²) in [6.07, 6.45) is 3.76. The van der Waals surface area contributed by atoms with E-state index in [-0.39, 0.29) is 23.7 Å². The van der Waals surface area contributed by atoms with E-state index in [1.165, 1.54) is 0 Å². The maximum absolute atomic E-state index is 12.7. The summed E-state index contributed by atoms with van der Waals surface area (Å²) in [4.78, 5) is 19.4. The van der Waals surface area contributed by atoms with Crippen LogP contribution in [0.1, 0.15) is 44.2 Å². The number of nitrogens with zero attached hydrogens (tertiary/aromatic N) is 3. The number of ether oxygens (including phenoxy) is 1. The SMILES string of the molecule is COc1cc(N2C(=S)N[C@@H](c3ccccn3)[C@H]2c2cccn2-c2ccc(O)cc2)ccc1NC(=O)C(C)(C)C. The van der Waals surface area contributed by atoms with E-state index in [4.69, 9.17) is 17.0 Å². The molecule has 1 saturated heterocycles. The van der Waals surface area contributed by atoms with Crippen molar-refractivity contribution < 1.29 is 14.6 Å². The molecule has 1 fully saturated rings. The van der Waals surface area contributed by atoms with Crippen molar-refractivity contribution in [2.24, 2.45) is 5.41 Å². The number of hydrogen-bond acceptors (Lipinski definition) is 5. The van der Waals surface area contributed by atoms with Crippen LogP contribution in [-0.4, -0.2) is 32.8 Å². The molecule has 8 nitrogen and oxygen atoms in total. The quantitative estimate of drug-likeness (QED) is 0.268. The highest BCUT2D eigenvalue weighted by Crippen LogP contribution is 2.44. The lowest BCUT2D eigenvalue weighted by Crippen LogP contribution is -2.30. The molecule has 0 bridgehead atoms. The third kappa shape index (κ3) is 5.18. The summed E-state index contributed by atoms with van der Waals surface area (Å²) >= 11 is 5.89. The van der Waals surface area contributed by atoms with E-state index in [1.54, 1.807) is 25.4 Å².